The zero-order valence-electron chi connectivity index (χ0n) is 16.7. The van der Waals surface area contributed by atoms with Crippen molar-refractivity contribution in [3.05, 3.63) is 29.8 Å². The highest BCUT2D eigenvalue weighted by Crippen LogP contribution is 2.55. The minimum Gasteiger partial charge on any atom is -0.481 e. The summed E-state index contributed by atoms with van der Waals surface area (Å²) in [6, 6.07) is 8.16. The summed E-state index contributed by atoms with van der Waals surface area (Å²) in [5, 5.41) is 3.42. The van der Waals surface area contributed by atoms with Crippen molar-refractivity contribution in [1.29, 1.82) is 0 Å². The molecule has 1 aromatic rings. The van der Waals surface area contributed by atoms with E-state index in [4.69, 9.17) is 4.74 Å². The minimum atomic E-state index is -0.455. The fourth-order valence-electron chi connectivity index (χ4n) is 5.92. The highest BCUT2D eigenvalue weighted by Gasteiger charge is 2.51. The fourth-order valence-corrected chi connectivity index (χ4v) is 5.92. The van der Waals surface area contributed by atoms with Gasteiger partial charge in [0.15, 0.2) is 6.10 Å². The molecular weight excluding hydrogens is 322 g/mol. The lowest BCUT2D eigenvalue weighted by atomic mass is 9.53. The summed E-state index contributed by atoms with van der Waals surface area (Å²) in [5.74, 6) is 3.33. The van der Waals surface area contributed by atoms with Crippen molar-refractivity contribution in [1.82, 2.24) is 5.32 Å². The summed E-state index contributed by atoms with van der Waals surface area (Å²) in [6.45, 7) is 8.47. The van der Waals surface area contributed by atoms with Crippen molar-refractivity contribution in [2.75, 3.05) is 0 Å². The van der Waals surface area contributed by atoms with Crippen molar-refractivity contribution in [3.8, 4) is 5.75 Å². The summed E-state index contributed by atoms with van der Waals surface area (Å²) in [7, 11) is 0. The molecule has 1 N–H and O–H groups in total. The van der Waals surface area contributed by atoms with Crippen molar-refractivity contribution in [2.24, 2.45) is 17.8 Å². The maximum atomic E-state index is 12.8. The Bertz CT molecular complexity index is 635. The average molecular weight is 356 g/mol. The van der Waals surface area contributed by atoms with Crippen LogP contribution >= 0.6 is 0 Å². The second-order valence-corrected chi connectivity index (χ2v) is 10.2. The largest absolute Gasteiger partial charge is 0.481 e. The molecule has 0 heterocycles. The number of carbonyl (C=O) groups excluding carboxylic acids is 1. The molecule has 4 saturated carbocycles. The number of ether oxygens (including phenoxy) is 1. The third kappa shape index (κ3) is 3.50. The maximum Gasteiger partial charge on any atom is 0.261 e. The highest BCUT2D eigenvalue weighted by molar-refractivity contribution is 5.81. The van der Waals surface area contributed by atoms with Crippen molar-refractivity contribution in [3.63, 3.8) is 0 Å². The summed E-state index contributed by atoms with van der Waals surface area (Å²) < 4.78 is 5.95. The predicted octanol–water partition coefficient (Wildman–Crippen LogP) is 4.84. The molecule has 0 unspecified atom stereocenters. The van der Waals surface area contributed by atoms with E-state index in [2.05, 4.69) is 38.2 Å². The van der Waals surface area contributed by atoms with Gasteiger partial charge in [0.25, 0.3) is 5.91 Å². The maximum absolute atomic E-state index is 12.8. The molecule has 1 aromatic carbocycles. The van der Waals surface area contributed by atoms with Gasteiger partial charge in [0.05, 0.1) is 0 Å². The minimum absolute atomic E-state index is 0.0480. The monoisotopic (exact) mass is 355 g/mol. The number of nitrogens with one attached hydrogen (secondary N) is 1. The predicted molar refractivity (Wildman–Crippen MR) is 104 cm³/mol. The Hall–Kier alpha value is -1.51. The van der Waals surface area contributed by atoms with Gasteiger partial charge in [-0.05, 0) is 86.3 Å². The van der Waals surface area contributed by atoms with Crippen LogP contribution in [0.5, 0.6) is 5.75 Å². The van der Waals surface area contributed by atoms with Crippen LogP contribution in [0.15, 0.2) is 24.3 Å². The first-order valence-corrected chi connectivity index (χ1v) is 10.3. The lowest BCUT2D eigenvalue weighted by Gasteiger charge is -2.57. The molecular formula is C23H33NO2. The molecule has 1 amide bonds. The Balaban J connectivity index is 1.38. The molecule has 0 aliphatic heterocycles. The zero-order valence-corrected chi connectivity index (χ0v) is 16.7. The summed E-state index contributed by atoms with van der Waals surface area (Å²) >= 11 is 0. The molecule has 1 atom stereocenters. The molecule has 3 heteroatoms. The van der Waals surface area contributed by atoms with E-state index in [9.17, 15) is 4.79 Å². The highest BCUT2D eigenvalue weighted by atomic mass is 16.5. The van der Waals surface area contributed by atoms with Gasteiger partial charge in [0, 0.05) is 5.54 Å². The second kappa shape index (κ2) is 6.28. The number of rotatable bonds is 4. The quantitative estimate of drug-likeness (QED) is 0.839. The molecule has 3 nitrogen and oxygen atoms in total. The fraction of sp³-hybridized carbons (Fsp3) is 0.696. The molecule has 142 valence electrons. The third-order valence-corrected chi connectivity index (χ3v) is 6.83. The number of hydrogen-bond acceptors (Lipinski definition) is 2. The SMILES string of the molecule is C[C@H](Oc1ccc(C(C)(C)C)cc1)C(=O)NC12CC3CC(CC(C3)C1)C2. The van der Waals surface area contributed by atoms with Crippen molar-refractivity contribution in [2.45, 2.75) is 83.3 Å². The van der Waals surface area contributed by atoms with E-state index in [0.29, 0.717) is 0 Å². The van der Waals surface area contributed by atoms with E-state index in [1.165, 1.54) is 44.1 Å². The van der Waals surface area contributed by atoms with E-state index in [1.807, 2.05) is 19.1 Å². The molecule has 0 aromatic heterocycles. The normalized spacial score (nSPS) is 33.8. The Morgan fingerprint density at radius 3 is 2.00 bits per heavy atom. The van der Waals surface area contributed by atoms with E-state index >= 15 is 0 Å². The summed E-state index contributed by atoms with van der Waals surface area (Å²) in [6.07, 6.45) is 7.25. The van der Waals surface area contributed by atoms with E-state index in [1.54, 1.807) is 0 Å². The number of benzene rings is 1. The van der Waals surface area contributed by atoms with Crippen molar-refractivity contribution < 1.29 is 9.53 Å². The summed E-state index contributed by atoms with van der Waals surface area (Å²) in [4.78, 5) is 12.8. The summed E-state index contributed by atoms with van der Waals surface area (Å²) in [5.41, 5.74) is 1.45. The van der Waals surface area contributed by atoms with Gasteiger partial charge < -0.3 is 10.1 Å². The van der Waals surface area contributed by atoms with Crippen LogP contribution in [-0.4, -0.2) is 17.6 Å². The van der Waals surface area contributed by atoms with Gasteiger partial charge in [-0.2, -0.15) is 0 Å². The second-order valence-electron chi connectivity index (χ2n) is 10.2. The number of amides is 1. The van der Waals surface area contributed by atoms with Crippen LogP contribution in [0.1, 0.15) is 71.8 Å². The molecule has 4 bridgehead atoms. The smallest absolute Gasteiger partial charge is 0.261 e. The molecule has 0 spiro atoms. The lowest BCUT2D eigenvalue weighted by Crippen LogP contribution is -2.61. The molecule has 0 radical (unpaired) electrons. The first-order chi connectivity index (χ1) is 12.2. The zero-order chi connectivity index (χ0) is 18.5. The Labute approximate surface area is 157 Å². The van der Waals surface area contributed by atoms with Gasteiger partial charge in [-0.3, -0.25) is 4.79 Å². The number of carbonyl (C=O) groups is 1. The first-order valence-electron chi connectivity index (χ1n) is 10.3. The van der Waals surface area contributed by atoms with Gasteiger partial charge in [-0.15, -0.1) is 0 Å². The lowest BCUT2D eigenvalue weighted by molar-refractivity contribution is -0.133. The number of hydrogen-bond donors (Lipinski definition) is 1. The van der Waals surface area contributed by atoms with Gasteiger partial charge >= 0.3 is 0 Å². The molecule has 0 saturated heterocycles. The standard InChI is InChI=1S/C23H33NO2/c1-15(26-20-7-5-19(6-8-20)22(2,3)4)21(25)24-23-12-16-9-17(13-23)11-18(10-16)14-23/h5-8,15-18H,9-14H2,1-4H3,(H,24,25)/t15-,16?,17?,18?,23?/m0/s1. The van der Waals surface area contributed by atoms with Crippen LogP contribution < -0.4 is 10.1 Å². The van der Waals surface area contributed by atoms with Gasteiger partial charge in [0.1, 0.15) is 5.75 Å². The van der Waals surface area contributed by atoms with E-state index in [-0.39, 0.29) is 16.9 Å². The Kier molecular flexibility index (Phi) is 4.32. The van der Waals surface area contributed by atoms with Crippen LogP contribution in [0.3, 0.4) is 0 Å². The molecule has 26 heavy (non-hydrogen) atoms. The third-order valence-electron chi connectivity index (χ3n) is 6.83. The Morgan fingerprint density at radius 1 is 1.04 bits per heavy atom. The first kappa shape index (κ1) is 17.9. The average Bonchev–Trinajstić information content (AvgIpc) is 2.52. The van der Waals surface area contributed by atoms with Gasteiger partial charge in [-0.25, -0.2) is 0 Å². The Morgan fingerprint density at radius 2 is 1.54 bits per heavy atom. The topological polar surface area (TPSA) is 38.3 Å². The van der Waals surface area contributed by atoms with Crippen LogP contribution in [-0.2, 0) is 10.2 Å². The van der Waals surface area contributed by atoms with Crippen LogP contribution in [0.4, 0.5) is 0 Å². The molecule has 4 fully saturated rings. The van der Waals surface area contributed by atoms with E-state index < -0.39 is 6.10 Å². The van der Waals surface area contributed by atoms with Crippen LogP contribution in [0, 0.1) is 17.8 Å². The molecule has 5 rings (SSSR count). The van der Waals surface area contributed by atoms with Crippen molar-refractivity contribution >= 4 is 5.91 Å². The van der Waals surface area contributed by atoms with Gasteiger partial charge in [0.2, 0.25) is 0 Å². The molecule has 4 aliphatic rings. The van der Waals surface area contributed by atoms with Gasteiger partial charge in [-0.1, -0.05) is 32.9 Å². The van der Waals surface area contributed by atoms with E-state index in [0.717, 1.165) is 23.5 Å². The molecule has 4 aliphatic carbocycles. The van der Waals surface area contributed by atoms with Crippen LogP contribution in [0.2, 0.25) is 0 Å². The van der Waals surface area contributed by atoms with Crippen LogP contribution in [0.25, 0.3) is 0 Å².